The fraction of sp³-hybridized carbons (Fsp3) is 0.267. The fourth-order valence-corrected chi connectivity index (χ4v) is 3.17. The molecule has 0 atom stereocenters. The van der Waals surface area contributed by atoms with E-state index in [2.05, 4.69) is 27.5 Å². The molecule has 100 valence electrons. The van der Waals surface area contributed by atoms with Gasteiger partial charge in [-0.25, -0.2) is 9.97 Å². The zero-order valence-corrected chi connectivity index (χ0v) is 12.2. The number of aromatic nitrogens is 3. The van der Waals surface area contributed by atoms with Crippen LogP contribution in [0.4, 0.5) is 0 Å². The molecule has 4 nitrogen and oxygen atoms in total. The summed E-state index contributed by atoms with van der Waals surface area (Å²) in [4.78, 5) is 10.4. The van der Waals surface area contributed by atoms with Gasteiger partial charge in [0, 0.05) is 4.88 Å². The van der Waals surface area contributed by atoms with Crippen molar-refractivity contribution in [1.82, 2.24) is 14.5 Å². The van der Waals surface area contributed by atoms with Crippen LogP contribution in [-0.2, 0) is 13.0 Å². The number of rotatable bonds is 3. The Morgan fingerprint density at radius 1 is 1.25 bits per heavy atom. The van der Waals surface area contributed by atoms with E-state index in [1.165, 1.54) is 4.88 Å². The molecule has 0 bridgehead atoms. The summed E-state index contributed by atoms with van der Waals surface area (Å²) in [7, 11) is 0. The molecule has 0 N–H and O–H groups in total. The van der Waals surface area contributed by atoms with E-state index in [0.29, 0.717) is 13.0 Å². The van der Waals surface area contributed by atoms with Gasteiger partial charge in [0.25, 0.3) is 0 Å². The highest BCUT2D eigenvalue weighted by Crippen LogP contribution is 2.22. The molecule has 0 fully saturated rings. The number of para-hydroxylation sites is 2. The Morgan fingerprint density at radius 3 is 2.75 bits per heavy atom. The smallest absolute Gasteiger partial charge is 0.124 e. The molecule has 2 heterocycles. The van der Waals surface area contributed by atoms with Crippen LogP contribution in [0.5, 0.6) is 0 Å². The fourth-order valence-electron chi connectivity index (χ4n) is 2.25. The molecule has 0 amide bonds. The third-order valence-corrected chi connectivity index (χ3v) is 4.39. The molecule has 0 radical (unpaired) electrons. The zero-order chi connectivity index (χ0) is 14.1. The van der Waals surface area contributed by atoms with E-state index in [1.54, 1.807) is 11.3 Å². The number of fused-ring (bicyclic) bond motifs is 1. The molecule has 0 aliphatic carbocycles. The van der Waals surface area contributed by atoms with Crippen LogP contribution in [0.1, 0.15) is 21.4 Å². The van der Waals surface area contributed by atoms with Gasteiger partial charge in [-0.1, -0.05) is 12.1 Å². The number of benzene rings is 1. The molecule has 1 aromatic carbocycles. The lowest BCUT2D eigenvalue weighted by atomic mass is 10.3. The molecule has 0 aliphatic rings. The maximum Gasteiger partial charge on any atom is 0.124 e. The number of imidazole rings is 1. The molecule has 5 heteroatoms. The van der Waals surface area contributed by atoms with Crippen LogP contribution in [0.15, 0.2) is 24.3 Å². The van der Waals surface area contributed by atoms with Crippen molar-refractivity contribution in [2.24, 2.45) is 0 Å². The maximum atomic E-state index is 8.97. The Balaban J connectivity index is 2.09. The topological polar surface area (TPSA) is 54.5 Å². The first kappa shape index (κ1) is 12.8. The Morgan fingerprint density at radius 2 is 2.05 bits per heavy atom. The largest absolute Gasteiger partial charge is 0.320 e. The van der Waals surface area contributed by atoms with Crippen LogP contribution in [-0.4, -0.2) is 14.5 Å². The number of nitriles is 1. The van der Waals surface area contributed by atoms with E-state index in [4.69, 9.17) is 5.26 Å². The lowest BCUT2D eigenvalue weighted by Gasteiger charge is -2.04. The van der Waals surface area contributed by atoms with E-state index in [1.807, 2.05) is 31.2 Å². The quantitative estimate of drug-likeness (QED) is 0.741. The monoisotopic (exact) mass is 282 g/mol. The van der Waals surface area contributed by atoms with Crippen molar-refractivity contribution in [3.05, 3.63) is 45.7 Å². The van der Waals surface area contributed by atoms with Crippen LogP contribution in [0.3, 0.4) is 0 Å². The molecule has 20 heavy (non-hydrogen) atoms. The molecular formula is C15H14N4S. The van der Waals surface area contributed by atoms with Gasteiger partial charge in [0.1, 0.15) is 10.8 Å². The molecule has 0 aliphatic heterocycles. The van der Waals surface area contributed by atoms with E-state index in [9.17, 15) is 0 Å². The molecule has 0 spiro atoms. The zero-order valence-electron chi connectivity index (χ0n) is 11.4. The van der Waals surface area contributed by atoms with Crippen molar-refractivity contribution in [2.45, 2.75) is 26.8 Å². The molecule has 3 aromatic rings. The van der Waals surface area contributed by atoms with Gasteiger partial charge in [-0.05, 0) is 26.0 Å². The average molecular weight is 282 g/mol. The predicted octanol–water partition coefficient (Wildman–Crippen LogP) is 3.22. The highest BCUT2D eigenvalue weighted by Gasteiger charge is 2.12. The maximum absolute atomic E-state index is 8.97. The van der Waals surface area contributed by atoms with Crippen molar-refractivity contribution >= 4 is 22.4 Å². The minimum atomic E-state index is 0.317. The molecule has 2 aromatic heterocycles. The van der Waals surface area contributed by atoms with Crippen LogP contribution in [0.25, 0.3) is 11.0 Å². The summed E-state index contributed by atoms with van der Waals surface area (Å²) >= 11 is 1.71. The van der Waals surface area contributed by atoms with Gasteiger partial charge in [-0.3, -0.25) is 0 Å². The normalized spacial score (nSPS) is 10.8. The predicted molar refractivity (Wildman–Crippen MR) is 79.7 cm³/mol. The molecule has 3 rings (SSSR count). The van der Waals surface area contributed by atoms with E-state index in [0.717, 1.165) is 27.6 Å². The van der Waals surface area contributed by atoms with Crippen LogP contribution < -0.4 is 0 Å². The summed E-state index contributed by atoms with van der Waals surface area (Å²) in [6, 6.07) is 10.2. The van der Waals surface area contributed by atoms with Gasteiger partial charge < -0.3 is 4.57 Å². The minimum Gasteiger partial charge on any atom is -0.320 e. The first-order chi connectivity index (χ1) is 9.69. The second-order valence-electron chi connectivity index (χ2n) is 4.69. The van der Waals surface area contributed by atoms with Gasteiger partial charge in [0.15, 0.2) is 0 Å². The third kappa shape index (κ3) is 2.19. The van der Waals surface area contributed by atoms with Crippen molar-refractivity contribution in [3.63, 3.8) is 0 Å². The standard InChI is InChI=1S/C15H14N4S/c1-10-11(2)20-15(17-10)9-19-13-6-4-3-5-12(13)18-14(19)7-8-16/h3-6H,7,9H2,1-2H3. The molecule has 0 saturated carbocycles. The van der Waals surface area contributed by atoms with Crippen LogP contribution in [0, 0.1) is 25.2 Å². The van der Waals surface area contributed by atoms with Crippen molar-refractivity contribution in [1.29, 1.82) is 5.26 Å². The van der Waals surface area contributed by atoms with E-state index < -0.39 is 0 Å². The molecular weight excluding hydrogens is 268 g/mol. The van der Waals surface area contributed by atoms with Crippen LogP contribution in [0.2, 0.25) is 0 Å². The van der Waals surface area contributed by atoms with Gasteiger partial charge in [-0.15, -0.1) is 11.3 Å². The summed E-state index contributed by atoms with van der Waals surface area (Å²) < 4.78 is 2.09. The Bertz CT molecular complexity index is 787. The second-order valence-corrected chi connectivity index (χ2v) is 5.97. The summed E-state index contributed by atoms with van der Waals surface area (Å²) in [5.74, 6) is 0.805. The second kappa shape index (κ2) is 5.06. The van der Waals surface area contributed by atoms with Crippen molar-refractivity contribution in [3.8, 4) is 6.07 Å². The van der Waals surface area contributed by atoms with Gasteiger partial charge in [0.05, 0.1) is 35.8 Å². The van der Waals surface area contributed by atoms with Gasteiger partial charge in [0.2, 0.25) is 0 Å². The number of nitrogens with zero attached hydrogens (tertiary/aromatic N) is 4. The lowest BCUT2D eigenvalue weighted by Crippen LogP contribution is -2.04. The van der Waals surface area contributed by atoms with Gasteiger partial charge >= 0.3 is 0 Å². The number of hydrogen-bond donors (Lipinski definition) is 0. The Kier molecular flexibility index (Phi) is 3.25. The summed E-state index contributed by atoms with van der Waals surface area (Å²) in [5, 5.41) is 10.0. The lowest BCUT2D eigenvalue weighted by molar-refractivity contribution is 0.762. The molecule has 0 saturated heterocycles. The summed E-state index contributed by atoms with van der Waals surface area (Å²) in [6.45, 7) is 4.78. The summed E-state index contributed by atoms with van der Waals surface area (Å²) in [5.41, 5.74) is 3.07. The van der Waals surface area contributed by atoms with E-state index >= 15 is 0 Å². The van der Waals surface area contributed by atoms with Crippen molar-refractivity contribution < 1.29 is 0 Å². The van der Waals surface area contributed by atoms with Gasteiger partial charge in [-0.2, -0.15) is 5.26 Å². The SMILES string of the molecule is Cc1nc(Cn2c(CC#N)nc3ccccc32)sc1C. The number of aryl methyl sites for hydroxylation is 2. The van der Waals surface area contributed by atoms with Crippen LogP contribution >= 0.6 is 11.3 Å². The third-order valence-electron chi connectivity index (χ3n) is 3.34. The Labute approximate surface area is 121 Å². The summed E-state index contributed by atoms with van der Waals surface area (Å²) in [6.07, 6.45) is 0.317. The minimum absolute atomic E-state index is 0.317. The highest BCUT2D eigenvalue weighted by molar-refractivity contribution is 7.11. The first-order valence-corrected chi connectivity index (χ1v) is 7.24. The number of hydrogen-bond acceptors (Lipinski definition) is 4. The van der Waals surface area contributed by atoms with Crippen molar-refractivity contribution in [2.75, 3.05) is 0 Å². The molecule has 0 unspecified atom stereocenters. The average Bonchev–Trinajstić information content (AvgIpc) is 2.93. The Hall–Kier alpha value is -2.19. The number of thiazole rings is 1. The highest BCUT2D eigenvalue weighted by atomic mass is 32.1. The first-order valence-electron chi connectivity index (χ1n) is 6.43. The van der Waals surface area contributed by atoms with E-state index in [-0.39, 0.29) is 0 Å².